The van der Waals surface area contributed by atoms with E-state index in [4.69, 9.17) is 0 Å². The topological polar surface area (TPSA) is 64.5 Å². The second kappa shape index (κ2) is 5.68. The van der Waals surface area contributed by atoms with E-state index in [9.17, 15) is 10.2 Å². The molecule has 0 aromatic carbocycles. The maximum absolute atomic E-state index is 11.1. The van der Waals surface area contributed by atoms with Gasteiger partial charge in [-0.3, -0.25) is 0 Å². The molecule has 6 rings (SSSR count). The first kappa shape index (κ1) is 19.2. The Kier molecular flexibility index (Phi) is 4.19. The summed E-state index contributed by atoms with van der Waals surface area (Å²) in [6, 6.07) is 0.389. The van der Waals surface area contributed by atoms with Gasteiger partial charge in [-0.05, 0) is 74.0 Å². The highest BCUT2D eigenvalue weighted by Gasteiger charge is 2.63. The predicted octanol–water partition coefficient (Wildman–Crippen LogP) is 2.54. The van der Waals surface area contributed by atoms with Crippen LogP contribution < -0.4 is 10.6 Å². The van der Waals surface area contributed by atoms with E-state index in [-0.39, 0.29) is 22.9 Å². The Hall–Kier alpha value is -0.160. The largest absolute Gasteiger partial charge is 0.388 e. The average molecular weight is 365 g/mol. The zero-order chi connectivity index (χ0) is 19.1. The molecule has 26 heavy (non-hydrogen) atoms. The zero-order valence-corrected chi connectivity index (χ0v) is 17.6. The van der Waals surface area contributed by atoms with Crippen molar-refractivity contribution in [1.29, 1.82) is 0 Å². The third-order valence-electron chi connectivity index (χ3n) is 9.71. The second-order valence-corrected chi connectivity index (χ2v) is 11.5. The fourth-order valence-electron chi connectivity index (χ4n) is 7.42. The lowest BCUT2D eigenvalue weighted by Gasteiger charge is -2.65. The quantitative estimate of drug-likeness (QED) is 0.566. The van der Waals surface area contributed by atoms with Gasteiger partial charge in [-0.25, -0.2) is 0 Å². The molecule has 6 aliphatic carbocycles. The summed E-state index contributed by atoms with van der Waals surface area (Å²) < 4.78 is 0. The fraction of sp³-hybridized carbons (Fsp3) is 1.00. The number of rotatable bonds is 5. The highest BCUT2D eigenvalue weighted by molar-refractivity contribution is 5.15. The van der Waals surface area contributed by atoms with E-state index in [1.807, 2.05) is 13.8 Å². The average Bonchev–Trinajstić information content (AvgIpc) is 2.51. The Bertz CT molecular complexity index is 518. The van der Waals surface area contributed by atoms with Crippen molar-refractivity contribution in [2.45, 2.75) is 90.5 Å². The standard InChI is InChI=1S/C22H40N2O2/c1-19(2)13-9-15(19)21(5,25)17(11-13)23-7-8-24-18-12-14-10-16(20(14,3)4)22(18,6)26/h13-18,23-26H,7-12H2,1-6H3/t13-,14-,15-,16-,17-,18-,21-,22-/m1/s1. The monoisotopic (exact) mass is 364 g/mol. The molecule has 0 saturated heterocycles. The van der Waals surface area contributed by atoms with Gasteiger partial charge in [-0.2, -0.15) is 0 Å². The van der Waals surface area contributed by atoms with E-state index in [1.54, 1.807) is 0 Å². The maximum atomic E-state index is 11.1. The first-order valence-corrected chi connectivity index (χ1v) is 10.8. The molecule has 0 amide bonds. The van der Waals surface area contributed by atoms with E-state index in [0.717, 1.165) is 37.8 Å². The van der Waals surface area contributed by atoms with Gasteiger partial charge < -0.3 is 20.8 Å². The molecule has 4 heteroatoms. The van der Waals surface area contributed by atoms with Gasteiger partial charge in [0.2, 0.25) is 0 Å². The van der Waals surface area contributed by atoms with Crippen molar-refractivity contribution in [3.8, 4) is 0 Å². The van der Waals surface area contributed by atoms with Crippen LogP contribution >= 0.6 is 0 Å². The van der Waals surface area contributed by atoms with Crippen molar-refractivity contribution in [2.75, 3.05) is 13.1 Å². The molecule has 0 aromatic heterocycles. The van der Waals surface area contributed by atoms with Crippen LogP contribution in [0.3, 0.4) is 0 Å². The number of hydrogen-bond acceptors (Lipinski definition) is 4. The van der Waals surface area contributed by atoms with E-state index in [0.29, 0.717) is 11.8 Å². The molecule has 0 spiro atoms. The molecule has 4 nitrogen and oxygen atoms in total. The fourth-order valence-corrected chi connectivity index (χ4v) is 7.42. The first-order chi connectivity index (χ1) is 11.9. The molecule has 4 N–H and O–H groups in total. The van der Waals surface area contributed by atoms with E-state index < -0.39 is 11.2 Å². The Labute approximate surface area is 159 Å². The number of aliphatic hydroxyl groups is 2. The highest BCUT2D eigenvalue weighted by Crippen LogP contribution is 2.63. The van der Waals surface area contributed by atoms with Gasteiger partial charge in [0.05, 0.1) is 11.2 Å². The summed E-state index contributed by atoms with van der Waals surface area (Å²) in [6.07, 6.45) is 4.52. The minimum absolute atomic E-state index is 0.195. The number of fused-ring (bicyclic) bond motifs is 4. The van der Waals surface area contributed by atoms with Crippen molar-refractivity contribution < 1.29 is 10.2 Å². The van der Waals surface area contributed by atoms with Crippen molar-refractivity contribution in [2.24, 2.45) is 34.5 Å². The highest BCUT2D eigenvalue weighted by atomic mass is 16.3. The molecule has 0 aromatic rings. The molecular formula is C22H40N2O2. The van der Waals surface area contributed by atoms with Gasteiger partial charge >= 0.3 is 0 Å². The summed E-state index contributed by atoms with van der Waals surface area (Å²) in [5.74, 6) is 2.30. The Balaban J connectivity index is 1.27. The summed E-state index contributed by atoms with van der Waals surface area (Å²) in [7, 11) is 0. The Morgan fingerprint density at radius 3 is 1.27 bits per heavy atom. The van der Waals surface area contributed by atoms with Crippen LogP contribution in [0.15, 0.2) is 0 Å². The minimum atomic E-state index is -0.611. The molecule has 0 aliphatic heterocycles. The molecule has 150 valence electrons. The van der Waals surface area contributed by atoms with Crippen molar-refractivity contribution in [3.63, 3.8) is 0 Å². The first-order valence-electron chi connectivity index (χ1n) is 10.8. The summed E-state index contributed by atoms with van der Waals surface area (Å²) in [5, 5.41) is 29.4. The van der Waals surface area contributed by atoms with Crippen LogP contribution in [0.25, 0.3) is 0 Å². The molecule has 4 bridgehead atoms. The van der Waals surface area contributed by atoms with Crippen LogP contribution in [0.4, 0.5) is 0 Å². The Morgan fingerprint density at radius 2 is 1.00 bits per heavy atom. The van der Waals surface area contributed by atoms with Crippen LogP contribution in [0, 0.1) is 34.5 Å². The normalized spacial score (nSPS) is 53.5. The van der Waals surface area contributed by atoms with Crippen LogP contribution in [0.5, 0.6) is 0 Å². The van der Waals surface area contributed by atoms with Gasteiger partial charge in [-0.15, -0.1) is 0 Å². The lowest BCUT2D eigenvalue weighted by Crippen LogP contribution is -2.71. The van der Waals surface area contributed by atoms with Crippen molar-refractivity contribution in [3.05, 3.63) is 0 Å². The van der Waals surface area contributed by atoms with Gasteiger partial charge in [0, 0.05) is 25.2 Å². The predicted molar refractivity (Wildman–Crippen MR) is 105 cm³/mol. The maximum Gasteiger partial charge on any atom is 0.0805 e. The molecule has 6 aliphatic rings. The van der Waals surface area contributed by atoms with Crippen LogP contribution in [0.1, 0.15) is 67.2 Å². The lowest BCUT2D eigenvalue weighted by atomic mass is 9.43. The van der Waals surface area contributed by atoms with Crippen molar-refractivity contribution >= 4 is 0 Å². The number of hydrogen-bond donors (Lipinski definition) is 4. The third kappa shape index (κ3) is 2.48. The summed E-state index contributed by atoms with van der Waals surface area (Å²) >= 11 is 0. The van der Waals surface area contributed by atoms with Crippen molar-refractivity contribution in [1.82, 2.24) is 10.6 Å². The van der Waals surface area contributed by atoms with E-state index in [1.165, 1.54) is 12.8 Å². The van der Waals surface area contributed by atoms with Gasteiger partial charge in [-0.1, -0.05) is 27.7 Å². The van der Waals surface area contributed by atoms with E-state index >= 15 is 0 Å². The SMILES string of the molecule is CC1(C)[C@@H]2C[C@H]1[C@@](C)(O)[C@H](NCCN[C@@H]1C[C@H]3C[C@H](C3(C)C)[C@@]1(C)O)C2. The van der Waals surface area contributed by atoms with Crippen LogP contribution in [-0.2, 0) is 0 Å². The molecular weight excluding hydrogens is 324 g/mol. The van der Waals surface area contributed by atoms with Crippen LogP contribution in [-0.4, -0.2) is 46.6 Å². The van der Waals surface area contributed by atoms with Crippen LogP contribution in [0.2, 0.25) is 0 Å². The molecule has 8 atom stereocenters. The number of nitrogens with one attached hydrogen (secondary N) is 2. The minimum Gasteiger partial charge on any atom is -0.388 e. The molecule has 6 saturated carbocycles. The van der Waals surface area contributed by atoms with Gasteiger partial charge in [0.1, 0.15) is 0 Å². The molecule has 0 heterocycles. The summed E-state index contributed by atoms with van der Waals surface area (Å²) in [6.45, 7) is 15.0. The summed E-state index contributed by atoms with van der Waals surface area (Å²) in [5.41, 5.74) is -0.649. The smallest absolute Gasteiger partial charge is 0.0805 e. The Morgan fingerprint density at radius 1 is 0.654 bits per heavy atom. The van der Waals surface area contributed by atoms with E-state index in [2.05, 4.69) is 38.3 Å². The molecule has 0 radical (unpaired) electrons. The third-order valence-corrected chi connectivity index (χ3v) is 9.71. The van der Waals surface area contributed by atoms with Gasteiger partial charge in [0.15, 0.2) is 0 Å². The molecule has 0 unspecified atom stereocenters. The summed E-state index contributed by atoms with van der Waals surface area (Å²) in [4.78, 5) is 0. The lowest BCUT2D eigenvalue weighted by molar-refractivity contribution is -0.211. The van der Waals surface area contributed by atoms with Gasteiger partial charge in [0.25, 0.3) is 0 Å². The molecule has 6 fully saturated rings. The second-order valence-electron chi connectivity index (χ2n) is 11.5. The zero-order valence-electron chi connectivity index (χ0n) is 17.6.